The van der Waals surface area contributed by atoms with Crippen LogP contribution in [0.1, 0.15) is 30.4 Å². The summed E-state index contributed by atoms with van der Waals surface area (Å²) < 4.78 is 1.65. The molecule has 3 N–H and O–H groups in total. The average molecular weight is 267 g/mol. The SMILES string of the molecule is CC(C)(CNC(=O)c1cn(C2CNC2)nn1)C(=O)O. The molecule has 1 fully saturated rings. The molecule has 1 aliphatic rings. The Balaban J connectivity index is 1.92. The molecule has 1 amide bonds. The van der Waals surface area contributed by atoms with Crippen molar-refractivity contribution in [2.24, 2.45) is 5.41 Å². The van der Waals surface area contributed by atoms with Gasteiger partial charge in [-0.25, -0.2) is 4.68 Å². The van der Waals surface area contributed by atoms with E-state index in [0.717, 1.165) is 13.1 Å². The van der Waals surface area contributed by atoms with Crippen molar-refractivity contribution in [3.63, 3.8) is 0 Å². The summed E-state index contributed by atoms with van der Waals surface area (Å²) in [5, 5.41) is 22.3. The molecule has 8 heteroatoms. The normalized spacial score (nSPS) is 15.9. The van der Waals surface area contributed by atoms with E-state index < -0.39 is 17.3 Å². The Morgan fingerprint density at radius 2 is 2.26 bits per heavy atom. The Kier molecular flexibility index (Phi) is 3.52. The van der Waals surface area contributed by atoms with Crippen LogP contribution in [-0.2, 0) is 4.79 Å². The van der Waals surface area contributed by atoms with Crippen LogP contribution in [0, 0.1) is 5.41 Å². The lowest BCUT2D eigenvalue weighted by atomic mass is 9.94. The van der Waals surface area contributed by atoms with Gasteiger partial charge in [0.05, 0.1) is 17.7 Å². The van der Waals surface area contributed by atoms with Crippen LogP contribution in [0.25, 0.3) is 0 Å². The molecular formula is C11H17N5O3. The van der Waals surface area contributed by atoms with Gasteiger partial charge in [-0.2, -0.15) is 0 Å². The first-order valence-corrected chi connectivity index (χ1v) is 6.04. The quantitative estimate of drug-likeness (QED) is 0.648. The van der Waals surface area contributed by atoms with Crippen molar-refractivity contribution in [3.8, 4) is 0 Å². The lowest BCUT2D eigenvalue weighted by Gasteiger charge is -2.26. The van der Waals surface area contributed by atoms with Crippen molar-refractivity contribution >= 4 is 11.9 Å². The average Bonchev–Trinajstić information content (AvgIpc) is 2.72. The fourth-order valence-corrected chi connectivity index (χ4v) is 1.49. The second-order valence-electron chi connectivity index (χ2n) is 5.27. The fraction of sp³-hybridized carbons (Fsp3) is 0.636. The number of amides is 1. The maximum Gasteiger partial charge on any atom is 0.310 e. The molecule has 8 nitrogen and oxygen atoms in total. The molecule has 1 aromatic heterocycles. The highest BCUT2D eigenvalue weighted by Gasteiger charge is 2.28. The van der Waals surface area contributed by atoms with Gasteiger partial charge in [0, 0.05) is 19.6 Å². The third-order valence-electron chi connectivity index (χ3n) is 3.15. The van der Waals surface area contributed by atoms with Gasteiger partial charge >= 0.3 is 5.97 Å². The van der Waals surface area contributed by atoms with Crippen LogP contribution < -0.4 is 10.6 Å². The highest BCUT2D eigenvalue weighted by atomic mass is 16.4. The molecule has 0 unspecified atom stereocenters. The molecule has 0 spiro atoms. The Labute approximate surface area is 110 Å². The van der Waals surface area contributed by atoms with E-state index in [0.29, 0.717) is 0 Å². The fourth-order valence-electron chi connectivity index (χ4n) is 1.49. The first-order chi connectivity index (χ1) is 8.90. The van der Waals surface area contributed by atoms with Gasteiger partial charge in [0.15, 0.2) is 5.69 Å². The number of hydrogen-bond donors (Lipinski definition) is 3. The van der Waals surface area contributed by atoms with E-state index >= 15 is 0 Å². The summed E-state index contributed by atoms with van der Waals surface area (Å²) in [4.78, 5) is 22.7. The number of nitrogens with zero attached hydrogens (tertiary/aromatic N) is 3. The van der Waals surface area contributed by atoms with Gasteiger partial charge in [0.25, 0.3) is 5.91 Å². The number of hydrogen-bond acceptors (Lipinski definition) is 5. The molecule has 2 heterocycles. The van der Waals surface area contributed by atoms with Crippen molar-refractivity contribution in [1.29, 1.82) is 0 Å². The molecule has 1 aliphatic heterocycles. The topological polar surface area (TPSA) is 109 Å². The maximum atomic E-state index is 11.8. The smallest absolute Gasteiger partial charge is 0.310 e. The minimum atomic E-state index is -1.01. The summed E-state index contributed by atoms with van der Waals surface area (Å²) in [5.74, 6) is -1.37. The predicted octanol–water partition coefficient (Wildman–Crippen LogP) is -0.737. The van der Waals surface area contributed by atoms with E-state index in [1.54, 1.807) is 24.7 Å². The van der Waals surface area contributed by atoms with E-state index in [2.05, 4.69) is 20.9 Å². The van der Waals surface area contributed by atoms with Crippen molar-refractivity contribution in [1.82, 2.24) is 25.6 Å². The standard InChI is InChI=1S/C11H17N5O3/c1-11(2,10(18)19)6-13-9(17)8-5-16(15-14-8)7-3-12-4-7/h5,7,12H,3-4,6H2,1-2H3,(H,13,17)(H,18,19). The highest BCUT2D eigenvalue weighted by Crippen LogP contribution is 2.14. The van der Waals surface area contributed by atoms with Crippen molar-refractivity contribution in [2.75, 3.05) is 19.6 Å². The Morgan fingerprint density at radius 3 is 2.79 bits per heavy atom. The number of aromatic nitrogens is 3. The van der Waals surface area contributed by atoms with E-state index in [1.165, 1.54) is 0 Å². The molecule has 104 valence electrons. The summed E-state index contributed by atoms with van der Waals surface area (Å²) >= 11 is 0. The molecule has 0 saturated carbocycles. The maximum absolute atomic E-state index is 11.8. The molecule has 2 rings (SSSR count). The van der Waals surface area contributed by atoms with Gasteiger partial charge in [0.2, 0.25) is 0 Å². The second-order valence-corrected chi connectivity index (χ2v) is 5.27. The van der Waals surface area contributed by atoms with Gasteiger partial charge in [-0.3, -0.25) is 9.59 Å². The van der Waals surface area contributed by atoms with Crippen LogP contribution in [-0.4, -0.2) is 51.6 Å². The Hall–Kier alpha value is -1.96. The van der Waals surface area contributed by atoms with Crippen LogP contribution in [0.3, 0.4) is 0 Å². The highest BCUT2D eigenvalue weighted by molar-refractivity contribution is 5.92. The molecule has 0 aromatic carbocycles. The molecule has 0 bridgehead atoms. The van der Waals surface area contributed by atoms with Gasteiger partial charge in [-0.1, -0.05) is 5.21 Å². The number of carboxylic acids is 1. The first kappa shape index (κ1) is 13.5. The van der Waals surface area contributed by atoms with E-state index in [9.17, 15) is 9.59 Å². The number of rotatable bonds is 5. The number of carbonyl (C=O) groups is 2. The summed E-state index contributed by atoms with van der Waals surface area (Å²) in [6.07, 6.45) is 1.58. The van der Waals surface area contributed by atoms with Crippen molar-refractivity contribution in [3.05, 3.63) is 11.9 Å². The zero-order valence-corrected chi connectivity index (χ0v) is 10.9. The second kappa shape index (κ2) is 4.96. The van der Waals surface area contributed by atoms with Gasteiger partial charge < -0.3 is 15.7 Å². The molecule has 0 atom stereocenters. The van der Waals surface area contributed by atoms with Crippen molar-refractivity contribution < 1.29 is 14.7 Å². The van der Waals surface area contributed by atoms with Crippen LogP contribution in [0.4, 0.5) is 0 Å². The third kappa shape index (κ3) is 2.90. The summed E-state index contributed by atoms with van der Waals surface area (Å²) in [7, 11) is 0. The number of nitrogens with one attached hydrogen (secondary N) is 2. The molecule has 1 aromatic rings. The van der Waals surface area contributed by atoms with Crippen LogP contribution in [0.5, 0.6) is 0 Å². The molecule has 19 heavy (non-hydrogen) atoms. The van der Waals surface area contributed by atoms with Gasteiger partial charge in [-0.05, 0) is 13.8 Å². The van der Waals surface area contributed by atoms with E-state index in [4.69, 9.17) is 5.11 Å². The van der Waals surface area contributed by atoms with Crippen LogP contribution in [0.15, 0.2) is 6.20 Å². The van der Waals surface area contributed by atoms with Crippen molar-refractivity contribution in [2.45, 2.75) is 19.9 Å². The van der Waals surface area contributed by atoms with E-state index in [-0.39, 0.29) is 18.3 Å². The summed E-state index contributed by atoms with van der Waals surface area (Å²) in [5.41, 5.74) is -0.808. The lowest BCUT2D eigenvalue weighted by Crippen LogP contribution is -2.43. The minimum absolute atomic E-state index is 0.0407. The lowest BCUT2D eigenvalue weighted by molar-refractivity contribution is -0.146. The summed E-state index contributed by atoms with van der Waals surface area (Å²) in [6.45, 7) is 4.77. The Bertz CT molecular complexity index is 492. The zero-order chi connectivity index (χ0) is 14.0. The summed E-state index contributed by atoms with van der Waals surface area (Å²) in [6, 6.07) is 0.240. The molecule has 0 aliphatic carbocycles. The third-order valence-corrected chi connectivity index (χ3v) is 3.15. The Morgan fingerprint density at radius 1 is 1.58 bits per heavy atom. The zero-order valence-electron chi connectivity index (χ0n) is 10.9. The molecule has 0 radical (unpaired) electrons. The molecular weight excluding hydrogens is 250 g/mol. The number of carboxylic acid groups (broad SMARTS) is 1. The predicted molar refractivity (Wildman–Crippen MR) is 65.7 cm³/mol. The minimum Gasteiger partial charge on any atom is -0.481 e. The van der Waals surface area contributed by atoms with E-state index in [1.807, 2.05) is 0 Å². The number of aliphatic carboxylic acids is 1. The number of carbonyl (C=O) groups excluding carboxylic acids is 1. The van der Waals surface area contributed by atoms with Gasteiger partial charge in [0.1, 0.15) is 0 Å². The molecule has 1 saturated heterocycles. The monoisotopic (exact) mass is 267 g/mol. The van der Waals surface area contributed by atoms with Gasteiger partial charge in [-0.15, -0.1) is 5.10 Å². The largest absolute Gasteiger partial charge is 0.481 e. The van der Waals surface area contributed by atoms with Crippen LogP contribution >= 0.6 is 0 Å². The van der Waals surface area contributed by atoms with Crippen LogP contribution in [0.2, 0.25) is 0 Å². The first-order valence-electron chi connectivity index (χ1n) is 6.04.